The molecule has 1 aliphatic heterocycles. The highest BCUT2D eigenvalue weighted by molar-refractivity contribution is 5.88. The van der Waals surface area contributed by atoms with E-state index in [1.807, 2.05) is 0 Å². The summed E-state index contributed by atoms with van der Waals surface area (Å²) in [6, 6.07) is 3.27. The van der Waals surface area contributed by atoms with Gasteiger partial charge in [-0.3, -0.25) is 0 Å². The van der Waals surface area contributed by atoms with Crippen molar-refractivity contribution >= 4 is 5.97 Å². The summed E-state index contributed by atoms with van der Waals surface area (Å²) in [6.45, 7) is 2.14. The van der Waals surface area contributed by atoms with Gasteiger partial charge in [-0.15, -0.1) is 0 Å². The molecule has 2 rings (SSSR count). The molecule has 0 aromatic carbocycles. The first kappa shape index (κ1) is 19.8. The molecule has 140 valence electrons. The van der Waals surface area contributed by atoms with Gasteiger partial charge in [0.05, 0.1) is 13.2 Å². The molecule has 7 heteroatoms. The Labute approximate surface area is 147 Å². The van der Waals surface area contributed by atoms with Crippen molar-refractivity contribution in [2.24, 2.45) is 0 Å². The average molecular weight is 354 g/mol. The molecule has 1 unspecified atom stereocenters. The Balaban J connectivity index is 1.91. The van der Waals surface area contributed by atoms with Gasteiger partial charge in [0, 0.05) is 6.07 Å². The first-order chi connectivity index (χ1) is 12.1. The number of hydrogen-bond acceptors (Lipinski definition) is 6. The Hall–Kier alpha value is -1.54. The highest BCUT2D eigenvalue weighted by Crippen LogP contribution is 2.25. The van der Waals surface area contributed by atoms with Crippen molar-refractivity contribution < 1.29 is 34.2 Å². The molecule has 2 heterocycles. The number of hydrogen-bond donors (Lipinski definition) is 3. The zero-order chi connectivity index (χ0) is 18.2. The predicted molar refractivity (Wildman–Crippen MR) is 88.7 cm³/mol. The highest BCUT2D eigenvalue weighted by Gasteiger charge is 2.48. The Bertz CT molecular complexity index is 552. The molecule has 25 heavy (non-hydrogen) atoms. The van der Waals surface area contributed by atoms with E-state index in [2.05, 4.69) is 6.92 Å². The third-order valence-corrected chi connectivity index (χ3v) is 4.35. The second kappa shape index (κ2) is 9.82. The minimum atomic E-state index is -1.19. The predicted octanol–water partition coefficient (Wildman–Crippen LogP) is 0.713. The van der Waals surface area contributed by atoms with E-state index >= 15 is 0 Å². The van der Waals surface area contributed by atoms with Crippen LogP contribution in [0, 0.1) is 0 Å². The zero-order valence-corrected chi connectivity index (χ0v) is 14.6. The number of aliphatic hydroxyl groups is 3. The van der Waals surface area contributed by atoms with E-state index in [-0.39, 0.29) is 0 Å². The fraction of sp³-hybridized carbons (Fsp3) is 0.667. The molecule has 7 nitrogen and oxygen atoms in total. The van der Waals surface area contributed by atoms with E-state index < -0.39 is 37.1 Å². The Kier molecular flexibility index (Phi) is 7.77. The molecular formula is C18H28NO6+. The number of rotatable bonds is 9. The smallest absolute Gasteiger partial charge is 0.344 e. The van der Waals surface area contributed by atoms with Crippen LogP contribution in [0.15, 0.2) is 24.5 Å². The van der Waals surface area contributed by atoms with Gasteiger partial charge >= 0.3 is 5.97 Å². The first-order valence-electron chi connectivity index (χ1n) is 8.88. The van der Waals surface area contributed by atoms with E-state index in [0.717, 1.165) is 19.3 Å². The second-order valence-corrected chi connectivity index (χ2v) is 6.32. The van der Waals surface area contributed by atoms with Crippen molar-refractivity contribution in [1.82, 2.24) is 0 Å². The van der Waals surface area contributed by atoms with Crippen LogP contribution in [0.3, 0.4) is 0 Å². The van der Waals surface area contributed by atoms with Crippen LogP contribution in [0.25, 0.3) is 0 Å². The first-order valence-corrected chi connectivity index (χ1v) is 8.88. The normalized spacial score (nSPS) is 25.9. The fourth-order valence-corrected chi connectivity index (χ4v) is 2.85. The van der Waals surface area contributed by atoms with E-state index in [0.29, 0.717) is 12.2 Å². The Morgan fingerprint density at radius 1 is 1.24 bits per heavy atom. The van der Waals surface area contributed by atoms with Gasteiger partial charge in [-0.25, -0.2) is 4.79 Å². The maximum Gasteiger partial charge on any atom is 0.344 e. The fourth-order valence-electron chi connectivity index (χ4n) is 2.85. The van der Waals surface area contributed by atoms with Gasteiger partial charge in [-0.1, -0.05) is 32.6 Å². The van der Waals surface area contributed by atoms with E-state index in [4.69, 9.17) is 14.6 Å². The van der Waals surface area contributed by atoms with Gasteiger partial charge in [0.15, 0.2) is 18.5 Å². The minimum absolute atomic E-state index is 0.341. The molecule has 0 radical (unpaired) electrons. The molecule has 0 saturated carbocycles. The van der Waals surface area contributed by atoms with Crippen molar-refractivity contribution in [3.63, 3.8) is 0 Å². The average Bonchev–Trinajstić information content (AvgIpc) is 2.92. The molecule has 1 aromatic rings. The van der Waals surface area contributed by atoms with Crippen LogP contribution in [-0.2, 0) is 9.47 Å². The van der Waals surface area contributed by atoms with Crippen LogP contribution in [-0.4, -0.2) is 52.8 Å². The van der Waals surface area contributed by atoms with Crippen LogP contribution in [0.5, 0.6) is 0 Å². The number of unbranched alkanes of at least 4 members (excludes halogenated alkanes) is 4. The molecule has 1 fully saturated rings. The molecule has 0 amide bonds. The number of carbonyl (C=O) groups is 1. The molecule has 3 N–H and O–H groups in total. The number of esters is 1. The number of aliphatic hydroxyl groups excluding tert-OH is 3. The lowest BCUT2D eigenvalue weighted by atomic mass is 10.1. The molecule has 4 atom stereocenters. The summed E-state index contributed by atoms with van der Waals surface area (Å²) >= 11 is 0. The molecular weight excluding hydrogens is 326 g/mol. The Morgan fingerprint density at radius 2 is 2.00 bits per heavy atom. The number of nitrogens with zero attached hydrogens (tertiary/aromatic N) is 1. The van der Waals surface area contributed by atoms with Gasteiger partial charge in [-0.2, -0.15) is 4.57 Å². The van der Waals surface area contributed by atoms with E-state index in [1.165, 1.54) is 23.6 Å². The molecule has 1 saturated heterocycles. The molecule has 1 aromatic heterocycles. The van der Waals surface area contributed by atoms with Crippen LogP contribution >= 0.6 is 0 Å². The number of ether oxygens (including phenoxy) is 2. The number of aromatic nitrogens is 1. The third-order valence-electron chi connectivity index (χ3n) is 4.35. The van der Waals surface area contributed by atoms with Crippen LogP contribution in [0.1, 0.15) is 55.6 Å². The lowest BCUT2D eigenvalue weighted by Crippen LogP contribution is -2.46. The van der Waals surface area contributed by atoms with Crippen molar-refractivity contribution in [2.75, 3.05) is 13.2 Å². The highest BCUT2D eigenvalue weighted by atomic mass is 16.6. The van der Waals surface area contributed by atoms with Gasteiger partial charge in [0.2, 0.25) is 0 Å². The lowest BCUT2D eigenvalue weighted by molar-refractivity contribution is -0.765. The van der Waals surface area contributed by atoms with Crippen molar-refractivity contribution in [1.29, 1.82) is 0 Å². The third kappa shape index (κ3) is 5.22. The molecule has 0 bridgehead atoms. The van der Waals surface area contributed by atoms with Crippen LogP contribution in [0.2, 0.25) is 0 Å². The van der Waals surface area contributed by atoms with Gasteiger partial charge in [-0.05, 0) is 12.5 Å². The number of pyridine rings is 1. The van der Waals surface area contributed by atoms with E-state index in [9.17, 15) is 15.0 Å². The topological polar surface area (TPSA) is 100 Å². The Morgan fingerprint density at radius 3 is 2.68 bits per heavy atom. The monoisotopic (exact) mass is 354 g/mol. The summed E-state index contributed by atoms with van der Waals surface area (Å²) in [7, 11) is 0. The van der Waals surface area contributed by atoms with Crippen molar-refractivity contribution in [3.05, 3.63) is 30.1 Å². The summed E-state index contributed by atoms with van der Waals surface area (Å²) in [6.07, 6.45) is 4.44. The second-order valence-electron chi connectivity index (χ2n) is 6.32. The zero-order valence-electron chi connectivity index (χ0n) is 14.6. The van der Waals surface area contributed by atoms with Crippen molar-refractivity contribution in [2.45, 2.75) is 63.6 Å². The molecule has 1 aliphatic rings. The summed E-state index contributed by atoms with van der Waals surface area (Å²) in [4.78, 5) is 12.1. The maximum absolute atomic E-state index is 12.1. The van der Waals surface area contributed by atoms with Gasteiger partial charge in [0.25, 0.3) is 6.23 Å². The summed E-state index contributed by atoms with van der Waals surface area (Å²) in [5.74, 6) is -0.434. The largest absolute Gasteiger partial charge is 0.462 e. The van der Waals surface area contributed by atoms with Crippen LogP contribution in [0.4, 0.5) is 0 Å². The quantitative estimate of drug-likeness (QED) is 0.343. The van der Waals surface area contributed by atoms with Crippen molar-refractivity contribution in [3.8, 4) is 0 Å². The standard InChI is InChI=1S/C18H28NO6/c1-2-3-4-5-6-10-24-18(23)13-8-7-9-19(11-13)17-16(22)15(21)14(12-20)25-17/h7-9,11,14-17,20-22H,2-6,10,12H2,1H3/q+1/t14-,15+,16?,17-/m1/s1. The van der Waals surface area contributed by atoms with Gasteiger partial charge < -0.3 is 24.8 Å². The minimum Gasteiger partial charge on any atom is -0.462 e. The summed E-state index contributed by atoms with van der Waals surface area (Å²) in [5, 5.41) is 29.1. The van der Waals surface area contributed by atoms with E-state index in [1.54, 1.807) is 18.3 Å². The summed E-state index contributed by atoms with van der Waals surface area (Å²) < 4.78 is 12.2. The molecule has 0 spiro atoms. The SMILES string of the molecule is CCCCCCCOC(=O)c1ccc[n+]([C@@H]2O[C@H](CO)[C@H](O)C2O)c1. The van der Waals surface area contributed by atoms with Crippen LogP contribution < -0.4 is 4.57 Å². The summed E-state index contributed by atoms with van der Waals surface area (Å²) in [5.41, 5.74) is 0.341. The molecule has 0 aliphatic carbocycles. The van der Waals surface area contributed by atoms with Gasteiger partial charge in [0.1, 0.15) is 17.8 Å². The number of carbonyl (C=O) groups excluding carboxylic acids is 1. The maximum atomic E-state index is 12.1. The lowest BCUT2D eigenvalue weighted by Gasteiger charge is -2.10.